The Bertz CT molecular complexity index is 557. The van der Waals surface area contributed by atoms with Gasteiger partial charge in [0.25, 0.3) is 5.91 Å². The van der Waals surface area contributed by atoms with Crippen LogP contribution in [0.3, 0.4) is 0 Å². The van der Waals surface area contributed by atoms with Gasteiger partial charge < -0.3 is 14.1 Å². The lowest BCUT2D eigenvalue weighted by atomic mass is 10.2. The number of aromatic nitrogens is 2. The van der Waals surface area contributed by atoms with Crippen molar-refractivity contribution in [2.45, 2.75) is 31.4 Å². The number of carbonyl (C=O) groups excluding carboxylic acids is 1. The highest BCUT2D eigenvalue weighted by Gasteiger charge is 2.32. The van der Waals surface area contributed by atoms with Crippen molar-refractivity contribution in [1.82, 2.24) is 20.0 Å². The van der Waals surface area contributed by atoms with Crippen LogP contribution in [0.2, 0.25) is 0 Å². The average Bonchev–Trinajstić information content (AvgIpc) is 3.35. The van der Waals surface area contributed by atoms with E-state index in [0.717, 1.165) is 49.9 Å². The van der Waals surface area contributed by atoms with E-state index >= 15 is 0 Å². The number of carbonyl (C=O) groups is 1. The molecule has 0 radical (unpaired) electrons. The van der Waals surface area contributed by atoms with E-state index in [0.29, 0.717) is 31.5 Å². The number of thioether (sulfide) groups is 1. The number of amides is 1. The van der Waals surface area contributed by atoms with Crippen LogP contribution in [0.15, 0.2) is 4.42 Å². The van der Waals surface area contributed by atoms with E-state index in [1.165, 1.54) is 0 Å². The first kappa shape index (κ1) is 15.4. The maximum atomic E-state index is 12.6. The standard InChI is InChI=1S/C15H22N4O3S/c20-15(19-4-7-23-8-5-19)12-9-18(3-6-21-12)10-13-16-17-14(22-13)11-1-2-11/h11-12H,1-10H2. The molecule has 3 aliphatic rings. The second-order valence-electron chi connectivity index (χ2n) is 6.34. The number of hydrogen-bond acceptors (Lipinski definition) is 7. The van der Waals surface area contributed by atoms with E-state index in [-0.39, 0.29) is 12.0 Å². The maximum absolute atomic E-state index is 12.6. The molecule has 3 heterocycles. The molecule has 1 amide bonds. The normalized spacial score (nSPS) is 26.4. The molecule has 8 heteroatoms. The molecule has 1 unspecified atom stereocenters. The van der Waals surface area contributed by atoms with Crippen molar-refractivity contribution in [2.75, 3.05) is 44.3 Å². The van der Waals surface area contributed by atoms with Gasteiger partial charge in [-0.3, -0.25) is 9.69 Å². The smallest absolute Gasteiger partial charge is 0.253 e. The Kier molecular flexibility index (Phi) is 4.54. The molecular weight excluding hydrogens is 316 g/mol. The molecule has 3 fully saturated rings. The zero-order chi connectivity index (χ0) is 15.6. The Labute approximate surface area is 139 Å². The van der Waals surface area contributed by atoms with Crippen molar-refractivity contribution in [3.8, 4) is 0 Å². The van der Waals surface area contributed by atoms with Crippen LogP contribution in [-0.4, -0.2) is 76.3 Å². The van der Waals surface area contributed by atoms with Crippen molar-refractivity contribution in [2.24, 2.45) is 0 Å². The van der Waals surface area contributed by atoms with Crippen LogP contribution in [0, 0.1) is 0 Å². The first-order valence-electron chi connectivity index (χ1n) is 8.32. The highest BCUT2D eigenvalue weighted by Crippen LogP contribution is 2.39. The van der Waals surface area contributed by atoms with Gasteiger partial charge in [0.1, 0.15) is 6.10 Å². The van der Waals surface area contributed by atoms with Crippen LogP contribution in [0.25, 0.3) is 0 Å². The fourth-order valence-corrected chi connectivity index (χ4v) is 3.90. The molecule has 23 heavy (non-hydrogen) atoms. The Morgan fingerprint density at radius 2 is 2.04 bits per heavy atom. The minimum absolute atomic E-state index is 0.124. The topological polar surface area (TPSA) is 71.7 Å². The predicted octanol–water partition coefficient (Wildman–Crippen LogP) is 0.723. The van der Waals surface area contributed by atoms with Gasteiger partial charge in [0.2, 0.25) is 11.8 Å². The molecule has 126 valence electrons. The molecule has 0 spiro atoms. The second kappa shape index (κ2) is 6.78. The Morgan fingerprint density at radius 1 is 1.22 bits per heavy atom. The SMILES string of the molecule is O=C(C1CN(Cc2nnc(C3CC3)o2)CCO1)N1CCSCC1. The molecule has 4 rings (SSSR count). The molecule has 0 bridgehead atoms. The van der Waals surface area contributed by atoms with Crippen molar-refractivity contribution < 1.29 is 13.9 Å². The van der Waals surface area contributed by atoms with Crippen molar-refractivity contribution >= 4 is 17.7 Å². The molecule has 2 saturated heterocycles. The number of ether oxygens (including phenoxy) is 1. The predicted molar refractivity (Wildman–Crippen MR) is 85.2 cm³/mol. The molecule has 1 saturated carbocycles. The molecule has 7 nitrogen and oxygen atoms in total. The molecular formula is C15H22N4O3S. The molecule has 0 aromatic carbocycles. The summed E-state index contributed by atoms with van der Waals surface area (Å²) in [5.74, 6) is 4.06. The molecule has 1 atom stereocenters. The zero-order valence-corrected chi connectivity index (χ0v) is 14.0. The number of morpholine rings is 1. The lowest BCUT2D eigenvalue weighted by Crippen LogP contribution is -2.52. The highest BCUT2D eigenvalue weighted by molar-refractivity contribution is 7.99. The lowest BCUT2D eigenvalue weighted by Gasteiger charge is -2.35. The van der Waals surface area contributed by atoms with Gasteiger partial charge in [-0.2, -0.15) is 11.8 Å². The lowest BCUT2D eigenvalue weighted by molar-refractivity contribution is -0.149. The molecule has 1 aromatic heterocycles. The molecule has 0 N–H and O–H groups in total. The summed E-state index contributed by atoms with van der Waals surface area (Å²) in [5, 5.41) is 8.25. The Hall–Kier alpha value is -1.12. The number of rotatable bonds is 4. The van der Waals surface area contributed by atoms with Crippen molar-refractivity contribution in [3.63, 3.8) is 0 Å². The number of nitrogens with zero attached hydrogens (tertiary/aromatic N) is 4. The van der Waals surface area contributed by atoms with Gasteiger partial charge in [0.15, 0.2) is 0 Å². The van der Waals surface area contributed by atoms with Gasteiger partial charge >= 0.3 is 0 Å². The summed E-state index contributed by atoms with van der Waals surface area (Å²) in [7, 11) is 0. The van der Waals surface area contributed by atoms with Gasteiger partial charge in [0, 0.05) is 43.6 Å². The summed E-state index contributed by atoms with van der Waals surface area (Å²) in [5.41, 5.74) is 0. The summed E-state index contributed by atoms with van der Waals surface area (Å²) in [6, 6.07) is 0. The van der Waals surface area contributed by atoms with Gasteiger partial charge in [-0.1, -0.05) is 0 Å². The minimum Gasteiger partial charge on any atom is -0.424 e. The molecule has 1 aromatic rings. The van der Waals surface area contributed by atoms with Crippen LogP contribution in [0.4, 0.5) is 0 Å². The quantitative estimate of drug-likeness (QED) is 0.801. The van der Waals surface area contributed by atoms with Crippen LogP contribution < -0.4 is 0 Å². The molecule has 2 aliphatic heterocycles. The van der Waals surface area contributed by atoms with Crippen molar-refractivity contribution in [1.29, 1.82) is 0 Å². The van der Waals surface area contributed by atoms with Crippen LogP contribution in [0.5, 0.6) is 0 Å². The van der Waals surface area contributed by atoms with Gasteiger partial charge in [-0.15, -0.1) is 10.2 Å². The Balaban J connectivity index is 1.33. The van der Waals surface area contributed by atoms with Crippen LogP contribution in [0.1, 0.15) is 30.5 Å². The second-order valence-corrected chi connectivity index (χ2v) is 7.57. The van der Waals surface area contributed by atoms with E-state index in [4.69, 9.17) is 9.15 Å². The summed E-state index contributed by atoms with van der Waals surface area (Å²) < 4.78 is 11.4. The fourth-order valence-electron chi connectivity index (χ4n) is 3.00. The van der Waals surface area contributed by atoms with E-state index in [2.05, 4.69) is 15.1 Å². The summed E-state index contributed by atoms with van der Waals surface area (Å²) in [4.78, 5) is 16.7. The van der Waals surface area contributed by atoms with E-state index in [9.17, 15) is 4.79 Å². The van der Waals surface area contributed by atoms with Gasteiger partial charge in [-0.25, -0.2) is 0 Å². The Morgan fingerprint density at radius 3 is 2.83 bits per heavy atom. The summed E-state index contributed by atoms with van der Waals surface area (Å²) in [6.45, 7) is 4.23. The van der Waals surface area contributed by atoms with Crippen LogP contribution in [-0.2, 0) is 16.1 Å². The third-order valence-electron chi connectivity index (χ3n) is 4.52. The molecule has 1 aliphatic carbocycles. The highest BCUT2D eigenvalue weighted by atomic mass is 32.2. The van der Waals surface area contributed by atoms with E-state index < -0.39 is 0 Å². The maximum Gasteiger partial charge on any atom is 0.253 e. The van der Waals surface area contributed by atoms with Gasteiger partial charge in [-0.05, 0) is 12.8 Å². The number of hydrogen-bond donors (Lipinski definition) is 0. The summed E-state index contributed by atoms with van der Waals surface area (Å²) >= 11 is 1.90. The third kappa shape index (κ3) is 3.70. The first-order valence-corrected chi connectivity index (χ1v) is 9.48. The van der Waals surface area contributed by atoms with Gasteiger partial charge in [0.05, 0.1) is 13.2 Å². The average molecular weight is 338 g/mol. The zero-order valence-electron chi connectivity index (χ0n) is 13.1. The van der Waals surface area contributed by atoms with E-state index in [1.54, 1.807) is 0 Å². The fraction of sp³-hybridized carbons (Fsp3) is 0.800. The monoisotopic (exact) mass is 338 g/mol. The third-order valence-corrected chi connectivity index (χ3v) is 5.46. The first-order chi connectivity index (χ1) is 11.3. The summed E-state index contributed by atoms with van der Waals surface area (Å²) in [6.07, 6.45) is 1.95. The van der Waals surface area contributed by atoms with E-state index in [1.807, 2.05) is 16.7 Å². The van der Waals surface area contributed by atoms with Crippen molar-refractivity contribution in [3.05, 3.63) is 11.8 Å². The minimum atomic E-state index is -0.363. The van der Waals surface area contributed by atoms with Crippen LogP contribution >= 0.6 is 11.8 Å². The largest absolute Gasteiger partial charge is 0.424 e.